The number of benzene rings is 1. The van der Waals surface area contributed by atoms with Gasteiger partial charge in [0.25, 0.3) is 0 Å². The van der Waals surface area contributed by atoms with E-state index >= 15 is 0 Å². The molecule has 1 N–H and O–H groups in total. The third-order valence-corrected chi connectivity index (χ3v) is 4.00. The first-order valence-corrected chi connectivity index (χ1v) is 8.06. The average Bonchev–Trinajstić information content (AvgIpc) is 3.32. The van der Waals surface area contributed by atoms with Crippen molar-refractivity contribution >= 4 is 5.91 Å². The van der Waals surface area contributed by atoms with Crippen LogP contribution in [0.2, 0.25) is 0 Å². The Kier molecular flexibility index (Phi) is 5.97. The van der Waals surface area contributed by atoms with E-state index in [1.807, 2.05) is 6.07 Å². The number of rotatable bonds is 8. The normalized spacial score (nSPS) is 14.1. The maximum atomic E-state index is 11.9. The van der Waals surface area contributed by atoms with Crippen LogP contribution in [0, 0.1) is 11.3 Å². The number of carbonyl (C=O) groups excluding carboxylic acids is 1. The van der Waals surface area contributed by atoms with Gasteiger partial charge in [-0.1, -0.05) is 38.1 Å². The first-order chi connectivity index (χ1) is 10.6. The van der Waals surface area contributed by atoms with Gasteiger partial charge in [0.05, 0.1) is 19.0 Å². The minimum Gasteiger partial charge on any atom is -0.354 e. The number of nitrogens with zero attached hydrogens (tertiary/aromatic N) is 2. The molecule has 22 heavy (non-hydrogen) atoms. The predicted octanol–water partition coefficient (Wildman–Crippen LogP) is 2.80. The number of hydrogen-bond acceptors (Lipinski definition) is 3. The summed E-state index contributed by atoms with van der Waals surface area (Å²) in [5, 5.41) is 11.3. The Labute approximate surface area is 133 Å². The van der Waals surface area contributed by atoms with Gasteiger partial charge in [-0.25, -0.2) is 0 Å². The van der Waals surface area contributed by atoms with E-state index in [0.717, 1.165) is 6.54 Å². The van der Waals surface area contributed by atoms with Crippen LogP contribution in [0.1, 0.15) is 50.2 Å². The maximum Gasteiger partial charge on any atom is 0.234 e. The molecule has 1 fully saturated rings. The van der Waals surface area contributed by atoms with E-state index < -0.39 is 0 Å². The predicted molar refractivity (Wildman–Crippen MR) is 87.2 cm³/mol. The minimum atomic E-state index is 0.0148. The molecule has 0 unspecified atom stereocenters. The Bertz CT molecular complexity index is 526. The molecule has 0 saturated heterocycles. The second-order valence-electron chi connectivity index (χ2n) is 6.29. The summed E-state index contributed by atoms with van der Waals surface area (Å²) in [6.07, 6.45) is 2.72. The highest BCUT2D eigenvalue weighted by molar-refractivity contribution is 5.78. The monoisotopic (exact) mass is 299 g/mol. The standard InChI is InChI=1S/C18H25N3O/c1-14(2)16-6-4-15(5-7-16)12-21(17-8-9-17)13-18(22)20-11-3-10-19/h4-7,14,17H,3,8-9,11-13H2,1-2H3,(H,20,22). The largest absolute Gasteiger partial charge is 0.354 e. The number of carbonyl (C=O) groups is 1. The lowest BCUT2D eigenvalue weighted by Gasteiger charge is -2.21. The first-order valence-electron chi connectivity index (χ1n) is 8.06. The minimum absolute atomic E-state index is 0.0148. The molecule has 1 aliphatic rings. The second kappa shape index (κ2) is 7.95. The lowest BCUT2D eigenvalue weighted by Crippen LogP contribution is -2.38. The maximum absolute atomic E-state index is 11.9. The molecule has 0 radical (unpaired) electrons. The SMILES string of the molecule is CC(C)c1ccc(CN(CC(=O)NCCC#N)C2CC2)cc1. The van der Waals surface area contributed by atoms with Crippen molar-refractivity contribution in [1.29, 1.82) is 5.26 Å². The molecule has 1 amide bonds. The highest BCUT2D eigenvalue weighted by Crippen LogP contribution is 2.28. The molecule has 0 atom stereocenters. The zero-order chi connectivity index (χ0) is 15.9. The van der Waals surface area contributed by atoms with Crippen LogP contribution in [0.3, 0.4) is 0 Å². The van der Waals surface area contributed by atoms with Gasteiger partial charge < -0.3 is 5.32 Å². The lowest BCUT2D eigenvalue weighted by atomic mass is 10.0. The highest BCUT2D eigenvalue weighted by Gasteiger charge is 2.30. The summed E-state index contributed by atoms with van der Waals surface area (Å²) in [5.41, 5.74) is 2.59. The summed E-state index contributed by atoms with van der Waals surface area (Å²) in [6.45, 7) is 6.06. The second-order valence-corrected chi connectivity index (χ2v) is 6.29. The smallest absolute Gasteiger partial charge is 0.234 e. The molecule has 4 heteroatoms. The van der Waals surface area contributed by atoms with Crippen LogP contribution >= 0.6 is 0 Å². The van der Waals surface area contributed by atoms with Crippen molar-refractivity contribution in [3.05, 3.63) is 35.4 Å². The summed E-state index contributed by atoms with van der Waals surface area (Å²) in [4.78, 5) is 14.2. The van der Waals surface area contributed by atoms with Crippen LogP contribution in [-0.2, 0) is 11.3 Å². The number of nitriles is 1. The molecule has 1 aromatic carbocycles. The van der Waals surface area contributed by atoms with Crippen molar-refractivity contribution in [2.24, 2.45) is 0 Å². The first kappa shape index (κ1) is 16.5. The Morgan fingerprint density at radius 3 is 2.59 bits per heavy atom. The van der Waals surface area contributed by atoms with Gasteiger partial charge in [0.2, 0.25) is 5.91 Å². The van der Waals surface area contributed by atoms with Crippen LogP contribution in [0.5, 0.6) is 0 Å². The number of hydrogen-bond donors (Lipinski definition) is 1. The number of nitrogens with one attached hydrogen (secondary N) is 1. The zero-order valence-electron chi connectivity index (χ0n) is 13.5. The van der Waals surface area contributed by atoms with E-state index in [2.05, 4.69) is 48.3 Å². The molecule has 118 valence electrons. The van der Waals surface area contributed by atoms with Crippen molar-refractivity contribution < 1.29 is 4.79 Å². The van der Waals surface area contributed by atoms with E-state index in [-0.39, 0.29) is 5.91 Å². The van der Waals surface area contributed by atoms with Gasteiger partial charge in [0.15, 0.2) is 0 Å². The lowest BCUT2D eigenvalue weighted by molar-refractivity contribution is -0.122. The fraction of sp³-hybridized carbons (Fsp3) is 0.556. The van der Waals surface area contributed by atoms with Gasteiger partial charge >= 0.3 is 0 Å². The third kappa shape index (κ3) is 5.16. The van der Waals surface area contributed by atoms with Crippen molar-refractivity contribution in [3.63, 3.8) is 0 Å². The molecule has 0 bridgehead atoms. The van der Waals surface area contributed by atoms with Gasteiger partial charge in [0.1, 0.15) is 0 Å². The third-order valence-electron chi connectivity index (χ3n) is 4.00. The van der Waals surface area contributed by atoms with Crippen LogP contribution in [0.4, 0.5) is 0 Å². The summed E-state index contributed by atoms with van der Waals surface area (Å²) in [6, 6.07) is 11.3. The number of amides is 1. The highest BCUT2D eigenvalue weighted by atomic mass is 16.2. The van der Waals surface area contributed by atoms with Gasteiger partial charge in [-0.3, -0.25) is 9.69 Å². The molecular weight excluding hydrogens is 274 g/mol. The van der Waals surface area contributed by atoms with Crippen molar-refractivity contribution in [2.75, 3.05) is 13.1 Å². The Balaban J connectivity index is 1.89. The van der Waals surface area contributed by atoms with Crippen LogP contribution in [0.25, 0.3) is 0 Å². The van der Waals surface area contributed by atoms with Gasteiger partial charge in [-0.2, -0.15) is 5.26 Å². The van der Waals surface area contributed by atoms with Crippen molar-refractivity contribution in [3.8, 4) is 6.07 Å². The Morgan fingerprint density at radius 2 is 2.05 bits per heavy atom. The van der Waals surface area contributed by atoms with Gasteiger partial charge in [0, 0.05) is 19.1 Å². The Hall–Kier alpha value is -1.86. The summed E-state index contributed by atoms with van der Waals surface area (Å²) < 4.78 is 0. The molecular formula is C18H25N3O. The van der Waals surface area contributed by atoms with E-state index in [1.165, 1.54) is 24.0 Å². The van der Waals surface area contributed by atoms with E-state index in [1.54, 1.807) is 0 Å². The molecule has 1 aliphatic carbocycles. The molecule has 0 aliphatic heterocycles. The van der Waals surface area contributed by atoms with Crippen molar-refractivity contribution in [1.82, 2.24) is 10.2 Å². The fourth-order valence-electron chi connectivity index (χ4n) is 2.49. The summed E-state index contributed by atoms with van der Waals surface area (Å²) in [7, 11) is 0. The molecule has 4 nitrogen and oxygen atoms in total. The Morgan fingerprint density at radius 1 is 1.36 bits per heavy atom. The molecule has 1 saturated carbocycles. The molecule has 1 aromatic rings. The van der Waals surface area contributed by atoms with E-state index in [4.69, 9.17) is 5.26 Å². The van der Waals surface area contributed by atoms with Crippen LogP contribution < -0.4 is 5.32 Å². The van der Waals surface area contributed by atoms with E-state index in [0.29, 0.717) is 31.5 Å². The van der Waals surface area contributed by atoms with Crippen LogP contribution in [0.15, 0.2) is 24.3 Å². The summed E-state index contributed by atoms with van der Waals surface area (Å²) >= 11 is 0. The van der Waals surface area contributed by atoms with Crippen LogP contribution in [-0.4, -0.2) is 29.9 Å². The molecule has 2 rings (SSSR count). The molecule has 0 spiro atoms. The van der Waals surface area contributed by atoms with Crippen molar-refractivity contribution in [2.45, 2.75) is 51.6 Å². The fourth-order valence-corrected chi connectivity index (χ4v) is 2.49. The quantitative estimate of drug-likeness (QED) is 0.751. The van der Waals surface area contributed by atoms with E-state index in [9.17, 15) is 4.79 Å². The van der Waals surface area contributed by atoms with Gasteiger partial charge in [-0.05, 0) is 29.9 Å². The average molecular weight is 299 g/mol. The molecule has 0 aromatic heterocycles. The molecule has 0 heterocycles. The topological polar surface area (TPSA) is 56.1 Å². The van der Waals surface area contributed by atoms with Gasteiger partial charge in [-0.15, -0.1) is 0 Å². The zero-order valence-corrected chi connectivity index (χ0v) is 13.5. The summed E-state index contributed by atoms with van der Waals surface area (Å²) in [5.74, 6) is 0.556.